The highest BCUT2D eigenvalue weighted by Gasteiger charge is 2.31. The first kappa shape index (κ1) is 21.6. The van der Waals surface area contributed by atoms with Gasteiger partial charge in [-0.1, -0.05) is 13.0 Å². The molecule has 0 saturated carbocycles. The molecule has 0 atom stereocenters. The van der Waals surface area contributed by atoms with Crippen LogP contribution in [0, 0.1) is 0 Å². The Hall–Kier alpha value is -2.60. The average molecular weight is 471 g/mol. The molecule has 164 valence electrons. The van der Waals surface area contributed by atoms with Crippen molar-refractivity contribution in [3.63, 3.8) is 0 Å². The van der Waals surface area contributed by atoms with Gasteiger partial charge < -0.3 is 4.74 Å². The number of thioether (sulfide) groups is 1. The van der Waals surface area contributed by atoms with Crippen LogP contribution in [0.1, 0.15) is 12.5 Å². The van der Waals surface area contributed by atoms with E-state index in [2.05, 4.69) is 10.1 Å². The minimum absolute atomic E-state index is 0.0582. The Balaban J connectivity index is 1.89. The molecule has 12 heteroatoms. The molecule has 0 spiro atoms. The minimum Gasteiger partial charge on any atom is -0.487 e. The molecule has 0 N–H and O–H groups in total. The zero-order valence-corrected chi connectivity index (χ0v) is 17.7. The fourth-order valence-corrected chi connectivity index (χ4v) is 4.56. The number of alkyl halides is 3. The predicted molar refractivity (Wildman–Crippen MR) is 110 cm³/mol. The van der Waals surface area contributed by atoms with Crippen molar-refractivity contribution in [1.29, 1.82) is 0 Å². The summed E-state index contributed by atoms with van der Waals surface area (Å²) in [6, 6.07) is 3.98. The third kappa shape index (κ3) is 4.13. The molecule has 1 aliphatic heterocycles. The van der Waals surface area contributed by atoms with Gasteiger partial charge in [0.05, 0.1) is 29.1 Å². The lowest BCUT2D eigenvalue weighted by molar-refractivity contribution is -0.137. The van der Waals surface area contributed by atoms with Crippen LogP contribution in [0.15, 0.2) is 46.3 Å². The molecule has 0 amide bonds. The van der Waals surface area contributed by atoms with Crippen molar-refractivity contribution in [2.75, 3.05) is 17.3 Å². The molecule has 2 aromatic heterocycles. The third-order valence-electron chi connectivity index (χ3n) is 4.75. The normalized spacial score (nSPS) is 15.1. The summed E-state index contributed by atoms with van der Waals surface area (Å²) in [4.78, 5) is 16.8. The number of pyridine rings is 1. The summed E-state index contributed by atoms with van der Waals surface area (Å²) in [7, 11) is -3.85. The maximum atomic E-state index is 13.1. The van der Waals surface area contributed by atoms with Gasteiger partial charge in [-0.15, -0.1) is 0 Å². The highest BCUT2D eigenvalue weighted by Crippen LogP contribution is 2.31. The number of ether oxygens (including phenoxy) is 1. The lowest BCUT2D eigenvalue weighted by atomic mass is 10.1. The van der Waals surface area contributed by atoms with Crippen molar-refractivity contribution in [2.24, 2.45) is 0 Å². The minimum atomic E-state index is -4.64. The SMILES string of the molecule is CCS(=O)(=O)c1cc(OC2CSC2)cnc1-n1ncc2ccc(C(F)(F)F)cc2c1=O. The van der Waals surface area contributed by atoms with Gasteiger partial charge in [-0.25, -0.2) is 13.4 Å². The van der Waals surface area contributed by atoms with Gasteiger partial charge in [-0.2, -0.15) is 34.7 Å². The first-order chi connectivity index (χ1) is 14.6. The van der Waals surface area contributed by atoms with E-state index in [1.807, 2.05) is 0 Å². The summed E-state index contributed by atoms with van der Waals surface area (Å²) in [6.07, 6.45) is -2.23. The van der Waals surface area contributed by atoms with Crippen LogP contribution in [-0.4, -0.2) is 46.5 Å². The summed E-state index contributed by atoms with van der Waals surface area (Å²) in [6.45, 7) is 1.43. The molecule has 0 radical (unpaired) electrons. The molecule has 0 bridgehead atoms. The lowest BCUT2D eigenvalue weighted by Gasteiger charge is -2.26. The first-order valence-electron chi connectivity index (χ1n) is 9.17. The molecular formula is C19H16F3N3O4S2. The largest absolute Gasteiger partial charge is 0.487 e. The molecular weight excluding hydrogens is 455 g/mol. The first-order valence-corrected chi connectivity index (χ1v) is 12.0. The summed E-state index contributed by atoms with van der Waals surface area (Å²) >= 11 is 1.69. The summed E-state index contributed by atoms with van der Waals surface area (Å²) in [5, 5.41) is 3.89. The van der Waals surface area contributed by atoms with Gasteiger partial charge in [-0.05, 0) is 12.1 Å². The Morgan fingerprint density at radius 2 is 1.97 bits per heavy atom. The molecule has 4 rings (SSSR count). The molecule has 1 saturated heterocycles. The Kier molecular flexibility index (Phi) is 5.46. The molecule has 0 unspecified atom stereocenters. The van der Waals surface area contributed by atoms with Crippen LogP contribution in [0.25, 0.3) is 16.6 Å². The monoisotopic (exact) mass is 471 g/mol. The van der Waals surface area contributed by atoms with Crippen LogP contribution in [-0.2, 0) is 16.0 Å². The van der Waals surface area contributed by atoms with E-state index in [0.29, 0.717) is 4.68 Å². The number of hydrogen-bond acceptors (Lipinski definition) is 7. The number of rotatable bonds is 5. The van der Waals surface area contributed by atoms with Gasteiger partial charge in [0.25, 0.3) is 5.56 Å². The standard InChI is InChI=1S/C19H16F3N3O4S2/c1-2-31(27,28)16-6-13(29-14-9-30-10-14)8-23-17(16)25-18(26)15-5-12(19(20,21)22)4-3-11(15)7-24-25/h3-8,14H,2,9-10H2,1H3. The van der Waals surface area contributed by atoms with Crippen molar-refractivity contribution in [2.45, 2.75) is 24.1 Å². The predicted octanol–water partition coefficient (Wildman–Crippen LogP) is 3.09. The fourth-order valence-electron chi connectivity index (χ4n) is 2.97. The van der Waals surface area contributed by atoms with E-state index in [0.717, 1.165) is 29.7 Å². The van der Waals surface area contributed by atoms with Crippen molar-refractivity contribution in [3.8, 4) is 11.6 Å². The Morgan fingerprint density at radius 1 is 1.23 bits per heavy atom. The number of nitrogens with zero attached hydrogens (tertiary/aromatic N) is 3. The van der Waals surface area contributed by atoms with E-state index < -0.39 is 27.1 Å². The zero-order chi connectivity index (χ0) is 22.4. The average Bonchev–Trinajstić information content (AvgIpc) is 2.70. The zero-order valence-electron chi connectivity index (χ0n) is 16.1. The number of aromatic nitrogens is 3. The van der Waals surface area contributed by atoms with Gasteiger partial charge >= 0.3 is 6.18 Å². The number of sulfone groups is 1. The topological polar surface area (TPSA) is 91.2 Å². The maximum absolute atomic E-state index is 13.1. The summed E-state index contributed by atoms with van der Waals surface area (Å²) in [5.41, 5.74) is -1.90. The van der Waals surface area contributed by atoms with Crippen LogP contribution in [0.2, 0.25) is 0 Å². The van der Waals surface area contributed by atoms with E-state index in [4.69, 9.17) is 4.74 Å². The summed E-state index contributed by atoms with van der Waals surface area (Å²) in [5.74, 6) is 1.21. The second-order valence-corrected chi connectivity index (χ2v) is 10.2. The third-order valence-corrected chi connectivity index (χ3v) is 7.70. The highest BCUT2D eigenvalue weighted by molar-refractivity contribution is 8.00. The van der Waals surface area contributed by atoms with Crippen molar-refractivity contribution >= 4 is 32.4 Å². The molecule has 31 heavy (non-hydrogen) atoms. The van der Waals surface area contributed by atoms with Crippen LogP contribution >= 0.6 is 11.8 Å². The van der Waals surface area contributed by atoms with Crippen molar-refractivity contribution < 1.29 is 26.3 Å². The molecule has 3 aromatic rings. The molecule has 1 fully saturated rings. The Bertz CT molecular complexity index is 1320. The molecule has 1 aliphatic rings. The molecule has 7 nitrogen and oxygen atoms in total. The molecule has 0 aliphatic carbocycles. The van der Waals surface area contributed by atoms with Gasteiger partial charge in [0, 0.05) is 23.0 Å². The smallest absolute Gasteiger partial charge is 0.416 e. The van der Waals surface area contributed by atoms with Crippen LogP contribution in [0.3, 0.4) is 0 Å². The number of fused-ring (bicyclic) bond motifs is 1. The van der Waals surface area contributed by atoms with E-state index in [9.17, 15) is 26.4 Å². The second-order valence-electron chi connectivity index (χ2n) is 6.83. The van der Waals surface area contributed by atoms with Gasteiger partial charge in [0.1, 0.15) is 16.7 Å². The van der Waals surface area contributed by atoms with Gasteiger partial charge in [0.2, 0.25) is 0 Å². The van der Waals surface area contributed by atoms with E-state index in [-0.39, 0.29) is 39.1 Å². The van der Waals surface area contributed by atoms with E-state index in [1.165, 1.54) is 25.4 Å². The Morgan fingerprint density at radius 3 is 2.58 bits per heavy atom. The van der Waals surface area contributed by atoms with Crippen molar-refractivity contribution in [1.82, 2.24) is 14.8 Å². The molecule has 1 aromatic carbocycles. The molecule has 3 heterocycles. The van der Waals surface area contributed by atoms with Crippen LogP contribution < -0.4 is 10.3 Å². The van der Waals surface area contributed by atoms with E-state index >= 15 is 0 Å². The highest BCUT2D eigenvalue weighted by atomic mass is 32.2. The number of halogens is 3. The lowest BCUT2D eigenvalue weighted by Crippen LogP contribution is -2.31. The fraction of sp³-hybridized carbons (Fsp3) is 0.316. The van der Waals surface area contributed by atoms with Gasteiger partial charge in [-0.3, -0.25) is 4.79 Å². The van der Waals surface area contributed by atoms with Crippen LogP contribution in [0.5, 0.6) is 5.75 Å². The van der Waals surface area contributed by atoms with Crippen LogP contribution in [0.4, 0.5) is 13.2 Å². The van der Waals surface area contributed by atoms with E-state index in [1.54, 1.807) is 11.8 Å². The van der Waals surface area contributed by atoms with Crippen molar-refractivity contribution in [3.05, 3.63) is 52.6 Å². The quantitative estimate of drug-likeness (QED) is 0.565. The summed E-state index contributed by atoms with van der Waals surface area (Å²) < 4.78 is 71.0. The Labute approximate surface area is 179 Å². The maximum Gasteiger partial charge on any atom is 0.416 e. The number of hydrogen-bond donors (Lipinski definition) is 0. The number of benzene rings is 1. The second kappa shape index (κ2) is 7.83. The van der Waals surface area contributed by atoms with Gasteiger partial charge in [0.15, 0.2) is 15.7 Å².